The monoisotopic (exact) mass is 263 g/mol. The number of rotatable bonds is 0. The Labute approximate surface area is 120 Å². The minimum Gasteiger partial charge on any atom is -0.399 e. The molecule has 1 heteroatoms. The van der Waals surface area contributed by atoms with Crippen LogP contribution in [0.2, 0.25) is 0 Å². The molecule has 5 aliphatic rings. The number of anilines is 1. The van der Waals surface area contributed by atoms with Crippen LogP contribution in [0, 0.1) is 23.7 Å². The highest BCUT2D eigenvalue weighted by atomic mass is 14.6. The fourth-order valence-electron chi connectivity index (χ4n) is 6.18. The maximum Gasteiger partial charge on any atom is 0.0317 e. The van der Waals surface area contributed by atoms with Gasteiger partial charge in [-0.25, -0.2) is 0 Å². The Bertz CT molecular complexity index is 656. The molecule has 0 radical (unpaired) electrons. The first-order valence-electron chi connectivity index (χ1n) is 7.94. The molecule has 1 aromatic carbocycles. The summed E-state index contributed by atoms with van der Waals surface area (Å²) in [6.07, 6.45) is 4.03. The summed E-state index contributed by atoms with van der Waals surface area (Å²) in [5.41, 5.74) is 12.9. The largest absolute Gasteiger partial charge is 0.399 e. The summed E-state index contributed by atoms with van der Waals surface area (Å²) in [6, 6.07) is 6.63. The normalized spacial score (nSPS) is 43.8. The highest BCUT2D eigenvalue weighted by Gasteiger charge is 2.60. The Kier molecular flexibility index (Phi) is 1.90. The van der Waals surface area contributed by atoms with Crippen molar-refractivity contribution in [2.75, 3.05) is 5.73 Å². The van der Waals surface area contributed by atoms with Crippen LogP contribution in [0.4, 0.5) is 5.69 Å². The summed E-state index contributed by atoms with van der Waals surface area (Å²) in [5.74, 6) is 4.57. The molecule has 20 heavy (non-hydrogen) atoms. The van der Waals surface area contributed by atoms with Gasteiger partial charge in [-0.1, -0.05) is 19.2 Å². The van der Waals surface area contributed by atoms with E-state index in [9.17, 15) is 0 Å². The van der Waals surface area contributed by atoms with E-state index in [4.69, 9.17) is 5.73 Å². The number of fused-ring (bicyclic) bond motifs is 7. The Morgan fingerprint density at radius 3 is 2.10 bits per heavy atom. The molecule has 102 valence electrons. The third-order valence-corrected chi connectivity index (χ3v) is 6.82. The van der Waals surface area contributed by atoms with Gasteiger partial charge in [0.25, 0.3) is 0 Å². The molecule has 6 atom stereocenters. The molecule has 1 aromatic rings. The Hall–Kier alpha value is -1.50. The number of nitrogens with two attached hydrogens (primary N) is 1. The van der Waals surface area contributed by atoms with Gasteiger partial charge in [0, 0.05) is 5.69 Å². The number of hydrogen-bond acceptors (Lipinski definition) is 1. The Balaban J connectivity index is 1.69. The number of hydrogen-bond donors (Lipinski definition) is 1. The fourth-order valence-corrected chi connectivity index (χ4v) is 6.18. The van der Waals surface area contributed by atoms with Crippen molar-refractivity contribution in [1.29, 1.82) is 0 Å². The van der Waals surface area contributed by atoms with E-state index in [0.717, 1.165) is 29.4 Å². The maximum absolute atomic E-state index is 6.02. The zero-order valence-electron chi connectivity index (χ0n) is 11.8. The van der Waals surface area contributed by atoms with Gasteiger partial charge in [-0.05, 0) is 89.2 Å². The predicted molar refractivity (Wildman–Crippen MR) is 82.4 cm³/mol. The summed E-state index contributed by atoms with van der Waals surface area (Å²) in [4.78, 5) is 0. The summed E-state index contributed by atoms with van der Waals surface area (Å²) in [6.45, 7) is 8.74. The second kappa shape index (κ2) is 3.39. The van der Waals surface area contributed by atoms with Crippen LogP contribution < -0.4 is 5.73 Å². The average molecular weight is 263 g/mol. The van der Waals surface area contributed by atoms with E-state index in [-0.39, 0.29) is 0 Å². The summed E-state index contributed by atoms with van der Waals surface area (Å²) >= 11 is 0. The highest BCUT2D eigenvalue weighted by Crippen LogP contribution is 2.70. The molecule has 4 saturated carbocycles. The van der Waals surface area contributed by atoms with Crippen LogP contribution in [-0.2, 0) is 0 Å². The standard InChI is InChI=1S/C19H21N/c1-9-10(2)13-6-5-12(9)18-16-8-17(19(13)18)15-7-11(20)3-4-14(15)16/h3-4,7,12-13,16-19H,1-2,5-6,8,20H2/t12-,13+,16+,17-,18+,19-/m0/s1. The van der Waals surface area contributed by atoms with Crippen molar-refractivity contribution in [1.82, 2.24) is 0 Å². The van der Waals surface area contributed by atoms with E-state index in [1.165, 1.54) is 30.4 Å². The molecule has 0 spiro atoms. The first-order valence-corrected chi connectivity index (χ1v) is 7.94. The van der Waals surface area contributed by atoms with Gasteiger partial charge in [0.2, 0.25) is 0 Å². The lowest BCUT2D eigenvalue weighted by molar-refractivity contribution is 0.101. The molecule has 0 unspecified atom stereocenters. The van der Waals surface area contributed by atoms with E-state index in [2.05, 4.69) is 31.4 Å². The molecule has 1 nitrogen and oxygen atoms in total. The van der Waals surface area contributed by atoms with Crippen LogP contribution >= 0.6 is 0 Å². The number of allylic oxidation sites excluding steroid dienone is 2. The molecule has 0 aromatic heterocycles. The lowest BCUT2D eigenvalue weighted by Crippen LogP contribution is -2.44. The van der Waals surface area contributed by atoms with Crippen molar-refractivity contribution in [3.63, 3.8) is 0 Å². The van der Waals surface area contributed by atoms with Crippen LogP contribution in [0.5, 0.6) is 0 Å². The first kappa shape index (κ1) is 11.2. The maximum atomic E-state index is 6.02. The molecular formula is C19H21N. The minimum atomic E-state index is 0.696. The van der Waals surface area contributed by atoms with Crippen LogP contribution in [-0.4, -0.2) is 0 Å². The molecule has 4 bridgehead atoms. The van der Waals surface area contributed by atoms with Gasteiger partial charge in [0.1, 0.15) is 0 Å². The zero-order chi connectivity index (χ0) is 13.6. The second-order valence-corrected chi connectivity index (χ2v) is 7.33. The molecular weight excluding hydrogens is 242 g/mol. The van der Waals surface area contributed by atoms with Crippen LogP contribution in [0.1, 0.15) is 42.2 Å². The summed E-state index contributed by atoms with van der Waals surface area (Å²) in [7, 11) is 0. The van der Waals surface area contributed by atoms with Gasteiger partial charge >= 0.3 is 0 Å². The molecule has 2 N–H and O–H groups in total. The topological polar surface area (TPSA) is 26.0 Å². The predicted octanol–water partition coefficient (Wildman–Crippen LogP) is 4.24. The van der Waals surface area contributed by atoms with Crippen LogP contribution in [0.15, 0.2) is 42.5 Å². The van der Waals surface area contributed by atoms with Crippen LogP contribution in [0.3, 0.4) is 0 Å². The molecule has 0 aliphatic heterocycles. The quantitative estimate of drug-likeness (QED) is 0.696. The third kappa shape index (κ3) is 1.08. The van der Waals surface area contributed by atoms with E-state index < -0.39 is 0 Å². The summed E-state index contributed by atoms with van der Waals surface area (Å²) < 4.78 is 0. The van der Waals surface area contributed by atoms with Gasteiger partial charge in [-0.2, -0.15) is 0 Å². The van der Waals surface area contributed by atoms with Crippen LogP contribution in [0.25, 0.3) is 0 Å². The van der Waals surface area contributed by atoms with Gasteiger partial charge in [0.15, 0.2) is 0 Å². The van der Waals surface area contributed by atoms with Gasteiger partial charge in [-0.3, -0.25) is 0 Å². The van der Waals surface area contributed by atoms with Crippen molar-refractivity contribution >= 4 is 5.69 Å². The molecule has 5 aliphatic carbocycles. The highest BCUT2D eigenvalue weighted by molar-refractivity contribution is 5.54. The van der Waals surface area contributed by atoms with E-state index in [1.807, 2.05) is 0 Å². The number of benzene rings is 1. The van der Waals surface area contributed by atoms with E-state index >= 15 is 0 Å². The van der Waals surface area contributed by atoms with Crippen molar-refractivity contribution < 1.29 is 0 Å². The van der Waals surface area contributed by atoms with Gasteiger partial charge in [0.05, 0.1) is 0 Å². The zero-order valence-corrected chi connectivity index (χ0v) is 11.8. The molecule has 4 fully saturated rings. The van der Waals surface area contributed by atoms with E-state index in [1.54, 1.807) is 11.1 Å². The summed E-state index contributed by atoms with van der Waals surface area (Å²) in [5, 5.41) is 0. The minimum absolute atomic E-state index is 0.696. The lowest BCUT2D eigenvalue weighted by atomic mass is 9.51. The SMILES string of the molecule is C=C1C(=C)[C@@H]2CC[C@H]1[C@@H]1[C@H]2[C@@H]2C[C@H]1c1cc(N)ccc12. The molecule has 0 saturated heterocycles. The van der Waals surface area contributed by atoms with Gasteiger partial charge < -0.3 is 5.73 Å². The van der Waals surface area contributed by atoms with Gasteiger partial charge in [-0.15, -0.1) is 0 Å². The number of nitrogen functional groups attached to an aromatic ring is 1. The lowest BCUT2D eigenvalue weighted by Gasteiger charge is -2.53. The molecule has 0 amide bonds. The molecule has 0 heterocycles. The Morgan fingerprint density at radius 1 is 0.850 bits per heavy atom. The molecule has 6 rings (SSSR count). The fraction of sp³-hybridized carbons (Fsp3) is 0.474. The average Bonchev–Trinajstić information content (AvgIpc) is 3.00. The smallest absolute Gasteiger partial charge is 0.0317 e. The Morgan fingerprint density at radius 2 is 1.45 bits per heavy atom. The van der Waals surface area contributed by atoms with E-state index in [0.29, 0.717) is 11.8 Å². The van der Waals surface area contributed by atoms with Crippen molar-refractivity contribution in [3.8, 4) is 0 Å². The first-order chi connectivity index (χ1) is 9.66. The van der Waals surface area contributed by atoms with Crippen molar-refractivity contribution in [3.05, 3.63) is 53.6 Å². The van der Waals surface area contributed by atoms with Crippen molar-refractivity contribution in [2.24, 2.45) is 23.7 Å². The van der Waals surface area contributed by atoms with Crippen molar-refractivity contribution in [2.45, 2.75) is 31.1 Å². The third-order valence-electron chi connectivity index (χ3n) is 6.82. The second-order valence-electron chi connectivity index (χ2n) is 7.33.